The Balaban J connectivity index is 1.59. The molecule has 0 amide bonds. The molecule has 1 aromatic heterocycles. The summed E-state index contributed by atoms with van der Waals surface area (Å²) in [5.74, 6) is 0. The zero-order valence-corrected chi connectivity index (χ0v) is 19.0. The van der Waals surface area contributed by atoms with Crippen molar-refractivity contribution in [1.29, 1.82) is 0 Å². The molecule has 0 spiro atoms. The lowest BCUT2D eigenvalue weighted by molar-refractivity contribution is -0.136. The molecule has 0 radical (unpaired) electrons. The number of alkyl halides is 3. The molecule has 1 N–H and O–H groups in total. The molecular weight excluding hydrogens is 471 g/mol. The highest BCUT2D eigenvalue weighted by Gasteiger charge is 2.34. The lowest BCUT2D eigenvalue weighted by atomic mass is 10.0. The lowest BCUT2D eigenvalue weighted by Crippen LogP contribution is -2.44. The van der Waals surface area contributed by atoms with Gasteiger partial charge in [-0.25, -0.2) is 13.2 Å². The number of piperidine rings is 1. The van der Waals surface area contributed by atoms with Gasteiger partial charge in [-0.3, -0.25) is 0 Å². The maximum Gasteiger partial charge on any atom is 0.417 e. The van der Waals surface area contributed by atoms with E-state index in [0.29, 0.717) is 31.0 Å². The fraction of sp³-hybridized carbons (Fsp3) is 0.375. The Kier molecular flexibility index (Phi) is 6.84. The topological polar surface area (TPSA) is 87.8 Å². The highest BCUT2D eigenvalue weighted by Crippen LogP contribution is 2.34. The number of hydrogen-bond acceptors (Lipinski definition) is 5. The van der Waals surface area contributed by atoms with Gasteiger partial charge < -0.3 is 9.52 Å². The van der Waals surface area contributed by atoms with Gasteiger partial charge in [-0.05, 0) is 61.1 Å². The first kappa shape index (κ1) is 24.4. The van der Waals surface area contributed by atoms with E-state index in [4.69, 9.17) is 4.42 Å². The van der Waals surface area contributed by atoms with Gasteiger partial charge in [-0.1, -0.05) is 24.6 Å². The highest BCUT2D eigenvalue weighted by atomic mass is 32.2. The van der Waals surface area contributed by atoms with Crippen LogP contribution in [0.2, 0.25) is 0 Å². The molecular formula is C24H24F3NO5S. The minimum Gasteiger partial charge on any atom is -0.423 e. The van der Waals surface area contributed by atoms with Gasteiger partial charge in [0, 0.05) is 30.6 Å². The normalized spacial score (nSPS) is 17.8. The van der Waals surface area contributed by atoms with Gasteiger partial charge in [0.2, 0.25) is 10.0 Å². The zero-order chi connectivity index (χ0) is 24.5. The summed E-state index contributed by atoms with van der Waals surface area (Å²) in [6.07, 6.45) is -1.66. The van der Waals surface area contributed by atoms with Gasteiger partial charge >= 0.3 is 11.8 Å². The van der Waals surface area contributed by atoms with Crippen molar-refractivity contribution in [1.82, 2.24) is 4.31 Å². The van der Waals surface area contributed by atoms with E-state index < -0.39 is 27.4 Å². The number of halogens is 3. The summed E-state index contributed by atoms with van der Waals surface area (Å²) < 4.78 is 72.8. The van der Waals surface area contributed by atoms with Crippen LogP contribution in [0.25, 0.3) is 11.0 Å². The van der Waals surface area contributed by atoms with Crippen LogP contribution >= 0.6 is 0 Å². The van der Waals surface area contributed by atoms with E-state index in [9.17, 15) is 31.5 Å². The van der Waals surface area contributed by atoms with Crippen molar-refractivity contribution in [3.8, 4) is 0 Å². The largest absolute Gasteiger partial charge is 0.423 e. The molecule has 0 bridgehead atoms. The molecule has 3 aromatic rings. The van der Waals surface area contributed by atoms with Crippen molar-refractivity contribution in [3.63, 3.8) is 0 Å². The van der Waals surface area contributed by atoms with Crippen LogP contribution in [0.4, 0.5) is 13.2 Å². The van der Waals surface area contributed by atoms with E-state index in [0.717, 1.165) is 18.4 Å². The van der Waals surface area contributed by atoms with Crippen LogP contribution in [-0.4, -0.2) is 37.0 Å². The monoisotopic (exact) mass is 495 g/mol. The molecule has 1 atom stereocenters. The maximum atomic E-state index is 13.4. The second-order valence-electron chi connectivity index (χ2n) is 8.41. The highest BCUT2D eigenvalue weighted by molar-refractivity contribution is 7.89. The molecule has 10 heteroatoms. The summed E-state index contributed by atoms with van der Waals surface area (Å²) in [6, 6.07) is 10.7. The van der Waals surface area contributed by atoms with Gasteiger partial charge in [-0.15, -0.1) is 0 Å². The molecule has 1 aliphatic rings. The van der Waals surface area contributed by atoms with Crippen LogP contribution in [0.3, 0.4) is 0 Å². The van der Waals surface area contributed by atoms with Crippen LogP contribution in [-0.2, 0) is 22.6 Å². The molecule has 1 saturated heterocycles. The van der Waals surface area contributed by atoms with E-state index in [1.54, 1.807) is 18.2 Å². The standard InChI is InChI=1S/C24H24F3NO5S/c25-24(26,27)21-15-23(30)33-22-9-6-17(14-20(21)22)13-16-4-7-19(8-5-16)34(31,32)28-11-2-1-3-18(28)10-12-29/h4-9,14-15,18,29H,1-3,10-13H2. The minimum atomic E-state index is -4.70. The maximum absolute atomic E-state index is 13.4. The fourth-order valence-corrected chi connectivity index (χ4v) is 6.16. The number of aliphatic hydroxyl groups excluding tert-OH is 1. The van der Waals surface area contributed by atoms with Gasteiger partial charge in [0.15, 0.2) is 0 Å². The third kappa shape index (κ3) is 5.03. The molecule has 2 heterocycles. The Bertz CT molecular complexity index is 1330. The fourth-order valence-electron chi connectivity index (χ4n) is 4.43. The third-order valence-corrected chi connectivity index (χ3v) is 8.05. The molecule has 1 aliphatic heterocycles. The Labute approximate surface area is 194 Å². The summed E-state index contributed by atoms with van der Waals surface area (Å²) in [7, 11) is -3.72. The first-order chi connectivity index (χ1) is 16.1. The molecule has 0 aliphatic carbocycles. The Hall–Kier alpha value is -2.69. The van der Waals surface area contributed by atoms with Crippen molar-refractivity contribution < 1.29 is 31.1 Å². The summed E-state index contributed by atoms with van der Waals surface area (Å²) in [5.41, 5.74) is -0.999. The average molecular weight is 496 g/mol. The Morgan fingerprint density at radius 2 is 1.74 bits per heavy atom. The van der Waals surface area contributed by atoms with Crippen molar-refractivity contribution in [2.24, 2.45) is 0 Å². The smallest absolute Gasteiger partial charge is 0.417 e. The van der Waals surface area contributed by atoms with Crippen molar-refractivity contribution in [2.45, 2.75) is 49.2 Å². The molecule has 2 aromatic carbocycles. The van der Waals surface area contributed by atoms with Gasteiger partial charge in [-0.2, -0.15) is 17.5 Å². The lowest BCUT2D eigenvalue weighted by Gasteiger charge is -2.34. The number of hydrogen-bond donors (Lipinski definition) is 1. The molecule has 4 rings (SSSR count). The first-order valence-electron chi connectivity index (χ1n) is 11.0. The summed E-state index contributed by atoms with van der Waals surface area (Å²) in [5, 5.41) is 9.08. The molecule has 6 nitrogen and oxygen atoms in total. The van der Waals surface area contributed by atoms with Gasteiger partial charge in [0.25, 0.3) is 0 Å². The summed E-state index contributed by atoms with van der Waals surface area (Å²) >= 11 is 0. The van der Waals surface area contributed by atoms with Crippen molar-refractivity contribution in [3.05, 3.63) is 75.6 Å². The first-order valence-corrected chi connectivity index (χ1v) is 12.4. The predicted octanol–water partition coefficient (Wildman–Crippen LogP) is 4.33. The third-order valence-electron chi connectivity index (χ3n) is 6.09. The van der Waals surface area contributed by atoms with Crippen LogP contribution in [0.15, 0.2) is 62.6 Å². The van der Waals surface area contributed by atoms with Crippen LogP contribution in [0, 0.1) is 0 Å². The number of benzene rings is 2. The van der Waals surface area contributed by atoms with E-state index in [2.05, 4.69) is 0 Å². The number of fused-ring (bicyclic) bond motifs is 1. The summed E-state index contributed by atoms with van der Waals surface area (Å²) in [6.45, 7) is 0.324. The molecule has 182 valence electrons. The van der Waals surface area contributed by atoms with E-state index in [1.807, 2.05) is 0 Å². The molecule has 34 heavy (non-hydrogen) atoms. The number of aliphatic hydroxyl groups is 1. The Morgan fingerprint density at radius 3 is 2.41 bits per heavy atom. The summed E-state index contributed by atoms with van der Waals surface area (Å²) in [4.78, 5) is 11.6. The van der Waals surface area contributed by atoms with Crippen molar-refractivity contribution in [2.75, 3.05) is 13.2 Å². The van der Waals surface area contributed by atoms with E-state index in [-0.39, 0.29) is 34.9 Å². The molecule has 0 saturated carbocycles. The van der Waals surface area contributed by atoms with Gasteiger partial charge in [0.1, 0.15) is 5.58 Å². The van der Waals surface area contributed by atoms with Crippen LogP contribution in [0.5, 0.6) is 0 Å². The molecule has 1 fully saturated rings. The van der Waals surface area contributed by atoms with E-state index in [1.165, 1.54) is 28.6 Å². The zero-order valence-electron chi connectivity index (χ0n) is 18.2. The van der Waals surface area contributed by atoms with Crippen molar-refractivity contribution >= 4 is 21.0 Å². The molecule has 1 unspecified atom stereocenters. The number of nitrogens with zero attached hydrogens (tertiary/aromatic N) is 1. The quantitative estimate of drug-likeness (QED) is 0.515. The number of rotatable bonds is 6. The second-order valence-corrected chi connectivity index (χ2v) is 10.3. The SMILES string of the molecule is O=c1cc(C(F)(F)F)c2cc(Cc3ccc(S(=O)(=O)N4CCCCC4CCO)cc3)ccc2o1. The van der Waals surface area contributed by atoms with Crippen LogP contribution < -0.4 is 5.63 Å². The average Bonchev–Trinajstić information content (AvgIpc) is 2.79. The predicted molar refractivity (Wildman–Crippen MR) is 120 cm³/mol. The minimum absolute atomic E-state index is 0.0825. The van der Waals surface area contributed by atoms with Gasteiger partial charge in [0.05, 0.1) is 10.5 Å². The van der Waals surface area contributed by atoms with E-state index >= 15 is 0 Å². The Morgan fingerprint density at radius 1 is 1.03 bits per heavy atom. The number of sulfonamides is 1. The second kappa shape index (κ2) is 9.52. The van der Waals surface area contributed by atoms with Crippen LogP contribution in [0.1, 0.15) is 42.4 Å².